The Labute approximate surface area is 219 Å². The lowest BCUT2D eigenvalue weighted by atomic mass is 9.74. The molecule has 2 N–H and O–H groups in total. The molecule has 0 fully saturated rings. The number of ether oxygens (including phenoxy) is 2. The molecule has 1 aromatic carbocycles. The van der Waals surface area contributed by atoms with E-state index in [9.17, 15) is 18.3 Å². The van der Waals surface area contributed by atoms with Crippen LogP contribution in [0.2, 0.25) is 0 Å². The molecule has 9 heteroatoms. The fourth-order valence-corrected chi connectivity index (χ4v) is 7.09. The van der Waals surface area contributed by atoms with Gasteiger partial charge in [0, 0.05) is 10.3 Å². The highest BCUT2D eigenvalue weighted by atomic mass is 32.2. The Bertz CT molecular complexity index is 1200. The molecule has 1 atom stereocenters. The Kier molecular flexibility index (Phi) is 9.42. The third-order valence-corrected chi connectivity index (χ3v) is 10.1. The smallest absolute Gasteiger partial charge is 0.354 e. The number of methoxy groups -OCH3 is 1. The van der Waals surface area contributed by atoms with Crippen LogP contribution >= 0.6 is 11.3 Å². The molecular formula is C27H39NO6S2. The number of thiophene rings is 1. The van der Waals surface area contributed by atoms with Gasteiger partial charge >= 0.3 is 5.97 Å². The second-order valence-corrected chi connectivity index (χ2v) is 13.0. The van der Waals surface area contributed by atoms with Crippen LogP contribution in [0.15, 0.2) is 40.8 Å². The first kappa shape index (κ1) is 29.9. The van der Waals surface area contributed by atoms with Crippen molar-refractivity contribution in [1.82, 2.24) is 4.72 Å². The molecule has 36 heavy (non-hydrogen) atoms. The van der Waals surface area contributed by atoms with Crippen LogP contribution in [0.3, 0.4) is 0 Å². The fraction of sp³-hybridized carbons (Fsp3) is 0.519. The molecule has 2 rings (SSSR count). The Morgan fingerprint density at radius 2 is 1.75 bits per heavy atom. The van der Waals surface area contributed by atoms with Crippen molar-refractivity contribution in [2.75, 3.05) is 13.7 Å². The molecule has 7 nitrogen and oxygen atoms in total. The van der Waals surface area contributed by atoms with E-state index in [-0.39, 0.29) is 21.9 Å². The van der Waals surface area contributed by atoms with E-state index in [2.05, 4.69) is 36.0 Å². The van der Waals surface area contributed by atoms with Crippen LogP contribution in [-0.2, 0) is 25.0 Å². The van der Waals surface area contributed by atoms with E-state index in [1.165, 1.54) is 11.3 Å². The van der Waals surface area contributed by atoms with Crippen LogP contribution in [-0.4, -0.2) is 39.3 Å². The first-order valence-corrected chi connectivity index (χ1v) is 14.3. The number of rotatable bonds is 11. The van der Waals surface area contributed by atoms with Crippen LogP contribution in [0, 0.1) is 19.3 Å². The predicted molar refractivity (Wildman–Crippen MR) is 144 cm³/mol. The summed E-state index contributed by atoms with van der Waals surface area (Å²) in [5, 5.41) is 10.3. The van der Waals surface area contributed by atoms with Gasteiger partial charge in [0.05, 0.1) is 13.2 Å². The summed E-state index contributed by atoms with van der Waals surface area (Å²) >= 11 is 1.20. The Balaban J connectivity index is 2.44. The lowest BCUT2D eigenvalue weighted by molar-refractivity contribution is -0.136. The number of sulfonamides is 1. The Morgan fingerprint density at radius 3 is 2.25 bits per heavy atom. The van der Waals surface area contributed by atoms with E-state index < -0.39 is 27.5 Å². The molecule has 0 aliphatic carbocycles. The maximum atomic E-state index is 13.0. The maximum absolute atomic E-state index is 13.0. The van der Waals surface area contributed by atoms with E-state index in [0.29, 0.717) is 11.3 Å². The monoisotopic (exact) mass is 537 g/mol. The largest absolute Gasteiger partial charge is 0.491 e. The number of hydrogen-bond donors (Lipinski definition) is 2. The van der Waals surface area contributed by atoms with Crippen LogP contribution in [0.1, 0.15) is 69.0 Å². The van der Waals surface area contributed by atoms with Gasteiger partial charge in [-0.1, -0.05) is 53.3 Å². The summed E-state index contributed by atoms with van der Waals surface area (Å²) in [7, 11) is -2.84. The van der Waals surface area contributed by atoms with E-state index in [4.69, 9.17) is 4.74 Å². The molecule has 1 unspecified atom stereocenters. The molecule has 0 aliphatic heterocycles. The molecule has 0 saturated heterocycles. The average molecular weight is 538 g/mol. The quantitative estimate of drug-likeness (QED) is 0.301. The Morgan fingerprint density at radius 1 is 1.14 bits per heavy atom. The van der Waals surface area contributed by atoms with Crippen LogP contribution in [0.25, 0.3) is 0 Å². The SMILES string of the molecule is C=C(NS(=O)(=O)c1sc(C(CC)(CC)c2ccc(OCC(O)C(C)(C)C)c(C)c2)cc1C)C(=O)OC. The highest BCUT2D eigenvalue weighted by Gasteiger charge is 2.35. The molecule has 200 valence electrons. The summed E-state index contributed by atoms with van der Waals surface area (Å²) in [6.45, 7) is 17.5. The van der Waals surface area contributed by atoms with E-state index in [0.717, 1.165) is 36.0 Å². The third kappa shape index (κ3) is 6.30. The van der Waals surface area contributed by atoms with Crippen molar-refractivity contribution < 1.29 is 27.8 Å². The number of aliphatic hydroxyl groups excluding tert-OH is 1. The summed E-state index contributed by atoms with van der Waals surface area (Å²) in [5.41, 5.74) is 1.58. The number of aryl methyl sites for hydroxylation is 2. The van der Waals surface area contributed by atoms with Gasteiger partial charge in [0.25, 0.3) is 10.0 Å². The van der Waals surface area contributed by atoms with Crippen molar-refractivity contribution in [2.24, 2.45) is 5.41 Å². The predicted octanol–water partition coefficient (Wildman–Crippen LogP) is 5.22. The van der Waals surface area contributed by atoms with Gasteiger partial charge < -0.3 is 14.6 Å². The number of nitrogens with one attached hydrogen (secondary N) is 1. The molecule has 2 aromatic rings. The van der Waals surface area contributed by atoms with Crippen molar-refractivity contribution >= 4 is 27.3 Å². The molecule has 1 aromatic heterocycles. The zero-order valence-electron chi connectivity index (χ0n) is 22.5. The van der Waals surface area contributed by atoms with E-state index in [1.807, 2.05) is 45.9 Å². The van der Waals surface area contributed by atoms with Gasteiger partial charge in [0.1, 0.15) is 22.3 Å². The standard InChI is InChI=1S/C27H39NO6S2/c1-10-27(11-2,20-12-13-21(17(3)14-20)34-16-22(29)26(6,7)8)23-15-18(4)25(35-23)36(31,32)28-19(5)24(30)33-9/h12-15,22,28-29H,5,10-11,16H2,1-4,6-9H3. The van der Waals surface area contributed by atoms with Crippen molar-refractivity contribution in [2.45, 2.75) is 77.0 Å². The highest BCUT2D eigenvalue weighted by Crippen LogP contribution is 2.45. The van der Waals surface area contributed by atoms with Gasteiger partial charge in [0.15, 0.2) is 0 Å². The minimum Gasteiger partial charge on any atom is -0.491 e. The number of aliphatic hydroxyl groups is 1. The van der Waals surface area contributed by atoms with Gasteiger partial charge in [-0.2, -0.15) is 0 Å². The lowest BCUT2D eigenvalue weighted by Crippen LogP contribution is -2.32. The van der Waals surface area contributed by atoms with Gasteiger partial charge in [-0.25, -0.2) is 13.2 Å². The summed E-state index contributed by atoms with van der Waals surface area (Å²) < 4.78 is 38.9. The lowest BCUT2D eigenvalue weighted by Gasteiger charge is -2.32. The van der Waals surface area contributed by atoms with Gasteiger partial charge in [-0.3, -0.25) is 4.72 Å². The molecule has 0 amide bonds. The third-order valence-electron chi connectivity index (χ3n) is 6.61. The molecule has 0 bridgehead atoms. The van der Waals surface area contributed by atoms with E-state index >= 15 is 0 Å². The summed E-state index contributed by atoms with van der Waals surface area (Å²) in [5.74, 6) is -0.128. The Hall–Kier alpha value is -2.36. The maximum Gasteiger partial charge on any atom is 0.354 e. The van der Waals surface area contributed by atoms with Crippen molar-refractivity contribution in [3.8, 4) is 5.75 Å². The number of hydrogen-bond acceptors (Lipinski definition) is 7. The number of carbonyl (C=O) groups excluding carboxylic acids is 1. The van der Waals surface area contributed by atoms with Crippen LogP contribution in [0.4, 0.5) is 0 Å². The number of benzene rings is 1. The second-order valence-electron chi connectivity index (χ2n) is 10.1. The minimum absolute atomic E-state index is 0.140. The molecule has 1 heterocycles. The molecule has 0 aliphatic rings. The molecule has 0 radical (unpaired) electrons. The number of carbonyl (C=O) groups is 1. The molecule has 0 saturated carbocycles. The van der Waals surface area contributed by atoms with Gasteiger partial charge in [0.2, 0.25) is 0 Å². The zero-order valence-corrected chi connectivity index (χ0v) is 24.2. The zero-order chi connectivity index (χ0) is 27.5. The highest BCUT2D eigenvalue weighted by molar-refractivity contribution is 7.91. The topological polar surface area (TPSA) is 102 Å². The van der Waals surface area contributed by atoms with Crippen LogP contribution < -0.4 is 9.46 Å². The molecule has 0 spiro atoms. The first-order chi connectivity index (χ1) is 16.6. The number of esters is 1. The van der Waals surface area contributed by atoms with Gasteiger partial charge in [-0.15, -0.1) is 11.3 Å². The van der Waals surface area contributed by atoms with Gasteiger partial charge in [-0.05, 0) is 60.9 Å². The van der Waals surface area contributed by atoms with Crippen molar-refractivity contribution in [3.05, 3.63) is 58.1 Å². The average Bonchev–Trinajstić information content (AvgIpc) is 3.20. The van der Waals surface area contributed by atoms with Crippen molar-refractivity contribution in [3.63, 3.8) is 0 Å². The first-order valence-electron chi connectivity index (χ1n) is 12.0. The second kappa shape index (κ2) is 11.4. The minimum atomic E-state index is -4.00. The summed E-state index contributed by atoms with van der Waals surface area (Å²) in [6.07, 6.45) is 0.918. The van der Waals surface area contributed by atoms with Crippen molar-refractivity contribution in [1.29, 1.82) is 0 Å². The summed E-state index contributed by atoms with van der Waals surface area (Å²) in [6, 6.07) is 7.92. The summed E-state index contributed by atoms with van der Waals surface area (Å²) in [4.78, 5) is 12.6. The fourth-order valence-electron chi connectivity index (χ4n) is 4.02. The normalized spacial score (nSPS) is 13.2. The van der Waals surface area contributed by atoms with Crippen LogP contribution in [0.5, 0.6) is 5.75 Å². The molecular weight excluding hydrogens is 498 g/mol. The van der Waals surface area contributed by atoms with E-state index in [1.54, 1.807) is 6.92 Å².